The van der Waals surface area contributed by atoms with E-state index in [-0.39, 0.29) is 11.4 Å². The van der Waals surface area contributed by atoms with E-state index in [1.165, 1.54) is 0 Å². The van der Waals surface area contributed by atoms with Crippen molar-refractivity contribution in [3.63, 3.8) is 0 Å². The van der Waals surface area contributed by atoms with E-state index in [0.717, 1.165) is 19.3 Å². The number of hydrogen-bond donors (Lipinski definition) is 0. The highest BCUT2D eigenvalue weighted by atomic mass is 32.2. The lowest BCUT2D eigenvalue weighted by molar-refractivity contribution is -0.156. The van der Waals surface area contributed by atoms with Crippen LogP contribution in [-0.4, -0.2) is 55.4 Å². The van der Waals surface area contributed by atoms with Gasteiger partial charge in [-0.15, -0.1) is 0 Å². The van der Waals surface area contributed by atoms with Crippen LogP contribution in [0.1, 0.15) is 26.2 Å². The third kappa shape index (κ3) is 3.84. The summed E-state index contributed by atoms with van der Waals surface area (Å²) in [6, 6.07) is 5.62. The zero-order chi connectivity index (χ0) is 16.3. The van der Waals surface area contributed by atoms with Crippen LogP contribution in [0.2, 0.25) is 0 Å². The van der Waals surface area contributed by atoms with Crippen LogP contribution in [0.25, 0.3) is 0 Å². The van der Waals surface area contributed by atoms with Crippen LogP contribution in [0, 0.1) is 5.92 Å². The maximum atomic E-state index is 11.9. The Labute approximate surface area is 137 Å². The van der Waals surface area contributed by atoms with Crippen LogP contribution >= 0.6 is 0 Å². The topological polar surface area (TPSA) is 68.7 Å². The molecule has 1 atom stereocenters. The Morgan fingerprint density at radius 2 is 2.26 bits per heavy atom. The van der Waals surface area contributed by atoms with Gasteiger partial charge >= 0.3 is 0 Å². The van der Waals surface area contributed by atoms with Crippen LogP contribution in [0.5, 0.6) is 5.88 Å². The van der Waals surface area contributed by atoms with Crippen molar-refractivity contribution in [2.24, 2.45) is 5.92 Å². The molecule has 1 spiro atoms. The summed E-state index contributed by atoms with van der Waals surface area (Å²) in [4.78, 5) is 4.14. The molecule has 0 unspecified atom stereocenters. The van der Waals surface area contributed by atoms with Crippen molar-refractivity contribution >= 4 is 10.0 Å². The number of aromatic nitrogens is 1. The summed E-state index contributed by atoms with van der Waals surface area (Å²) in [6.45, 7) is 4.02. The highest BCUT2D eigenvalue weighted by Crippen LogP contribution is 2.39. The Morgan fingerprint density at radius 3 is 2.96 bits per heavy atom. The highest BCUT2D eigenvalue weighted by Gasteiger charge is 2.50. The smallest absolute Gasteiger partial charge is 0.214 e. The molecule has 0 N–H and O–H groups in total. The molecule has 0 aromatic carbocycles. The Balaban J connectivity index is 1.46. The first kappa shape index (κ1) is 16.7. The third-order valence-electron chi connectivity index (χ3n) is 4.70. The van der Waals surface area contributed by atoms with Gasteiger partial charge in [0.25, 0.3) is 0 Å². The van der Waals surface area contributed by atoms with Crippen LogP contribution < -0.4 is 4.74 Å². The molecule has 0 amide bonds. The van der Waals surface area contributed by atoms with Gasteiger partial charge in [-0.25, -0.2) is 13.4 Å². The van der Waals surface area contributed by atoms with Crippen LogP contribution in [0.15, 0.2) is 24.4 Å². The molecule has 0 saturated carbocycles. The molecule has 1 aromatic rings. The Hall–Kier alpha value is -1.18. The van der Waals surface area contributed by atoms with E-state index >= 15 is 0 Å². The lowest BCUT2D eigenvalue weighted by Crippen LogP contribution is -2.66. The molecule has 1 aromatic heterocycles. The first-order chi connectivity index (χ1) is 11.0. The van der Waals surface area contributed by atoms with Crippen molar-refractivity contribution in [3.05, 3.63) is 24.4 Å². The molecule has 2 aliphatic heterocycles. The van der Waals surface area contributed by atoms with Crippen molar-refractivity contribution in [1.29, 1.82) is 0 Å². The van der Waals surface area contributed by atoms with E-state index in [0.29, 0.717) is 38.1 Å². The van der Waals surface area contributed by atoms with E-state index < -0.39 is 10.0 Å². The van der Waals surface area contributed by atoms with Gasteiger partial charge in [0.15, 0.2) is 0 Å². The fourth-order valence-electron chi connectivity index (χ4n) is 3.33. The van der Waals surface area contributed by atoms with Crippen molar-refractivity contribution in [3.8, 4) is 5.88 Å². The second-order valence-corrected chi connectivity index (χ2v) is 8.62. The average Bonchev–Trinajstić information content (AvgIpc) is 2.54. The number of rotatable bonds is 6. The molecular weight excluding hydrogens is 316 g/mol. The van der Waals surface area contributed by atoms with Gasteiger partial charge in [0.1, 0.15) is 0 Å². The molecule has 2 fully saturated rings. The first-order valence-corrected chi connectivity index (χ1v) is 9.79. The van der Waals surface area contributed by atoms with Gasteiger partial charge in [-0.3, -0.25) is 0 Å². The lowest BCUT2D eigenvalue weighted by atomic mass is 9.80. The highest BCUT2D eigenvalue weighted by molar-refractivity contribution is 7.89. The summed E-state index contributed by atoms with van der Waals surface area (Å²) in [7, 11) is -3.09. The minimum atomic E-state index is -3.09. The maximum absolute atomic E-state index is 11.9. The Bertz CT molecular complexity index is 614. The van der Waals surface area contributed by atoms with E-state index in [9.17, 15) is 8.42 Å². The minimum Gasteiger partial charge on any atom is -0.478 e. The van der Waals surface area contributed by atoms with Gasteiger partial charge in [-0.05, 0) is 38.2 Å². The van der Waals surface area contributed by atoms with E-state index in [1.807, 2.05) is 18.2 Å². The molecule has 0 radical (unpaired) electrons. The first-order valence-electron chi connectivity index (χ1n) is 8.19. The van der Waals surface area contributed by atoms with Crippen LogP contribution in [-0.2, 0) is 14.8 Å². The number of hydrogen-bond acceptors (Lipinski definition) is 5. The van der Waals surface area contributed by atoms with Crippen molar-refractivity contribution in [2.45, 2.75) is 31.8 Å². The van der Waals surface area contributed by atoms with Gasteiger partial charge in [-0.2, -0.15) is 4.31 Å². The molecule has 2 saturated heterocycles. The molecule has 23 heavy (non-hydrogen) atoms. The SMILES string of the molecule is CCS(=O)(=O)N1CC2(C[C@H](CCOc3ccccn3)CCO2)C1. The monoisotopic (exact) mass is 340 g/mol. The van der Waals surface area contributed by atoms with Crippen molar-refractivity contribution in [2.75, 3.05) is 32.1 Å². The van der Waals surface area contributed by atoms with Crippen LogP contribution in [0.3, 0.4) is 0 Å². The summed E-state index contributed by atoms with van der Waals surface area (Å²) in [6.07, 6.45) is 4.58. The van der Waals surface area contributed by atoms with Gasteiger partial charge in [0.2, 0.25) is 15.9 Å². The number of pyridine rings is 1. The summed E-state index contributed by atoms with van der Waals surface area (Å²) in [5.74, 6) is 1.32. The molecule has 0 aliphatic carbocycles. The standard InChI is InChI=1S/C16H24N2O4S/c1-2-23(19,20)18-12-16(13-18)11-14(7-10-22-16)6-9-21-15-5-3-4-8-17-15/h3-5,8,14H,2,6-7,9-13H2,1H3/t14-/m1/s1. The molecule has 6 nitrogen and oxygen atoms in total. The van der Waals surface area contributed by atoms with E-state index in [4.69, 9.17) is 9.47 Å². The predicted molar refractivity (Wildman–Crippen MR) is 86.8 cm³/mol. The second kappa shape index (κ2) is 6.75. The summed E-state index contributed by atoms with van der Waals surface area (Å²) in [5.41, 5.74) is -0.268. The summed E-state index contributed by atoms with van der Waals surface area (Å²) < 4.78 is 36.8. The average molecular weight is 340 g/mol. The van der Waals surface area contributed by atoms with Crippen molar-refractivity contribution < 1.29 is 17.9 Å². The quantitative estimate of drug-likeness (QED) is 0.788. The van der Waals surface area contributed by atoms with Gasteiger partial charge in [0, 0.05) is 32.0 Å². The maximum Gasteiger partial charge on any atom is 0.214 e. The van der Waals surface area contributed by atoms with E-state index in [2.05, 4.69) is 4.98 Å². The van der Waals surface area contributed by atoms with Gasteiger partial charge in [0.05, 0.1) is 18.0 Å². The minimum absolute atomic E-state index is 0.157. The third-order valence-corrected chi connectivity index (χ3v) is 6.47. The number of sulfonamides is 1. The lowest BCUT2D eigenvalue weighted by Gasteiger charge is -2.52. The van der Waals surface area contributed by atoms with Gasteiger partial charge in [-0.1, -0.05) is 6.07 Å². The molecule has 3 rings (SSSR count). The summed E-state index contributed by atoms with van der Waals surface area (Å²) >= 11 is 0. The molecule has 0 bridgehead atoms. The fourth-order valence-corrected chi connectivity index (χ4v) is 4.56. The molecule has 3 heterocycles. The zero-order valence-electron chi connectivity index (χ0n) is 13.5. The zero-order valence-corrected chi connectivity index (χ0v) is 14.3. The fraction of sp³-hybridized carbons (Fsp3) is 0.688. The van der Waals surface area contributed by atoms with Crippen molar-refractivity contribution in [1.82, 2.24) is 9.29 Å². The molecule has 128 valence electrons. The predicted octanol–water partition coefficient (Wildman–Crippen LogP) is 1.68. The molecular formula is C16H24N2O4S. The van der Waals surface area contributed by atoms with Crippen LogP contribution in [0.4, 0.5) is 0 Å². The molecule has 7 heteroatoms. The van der Waals surface area contributed by atoms with Gasteiger partial charge < -0.3 is 9.47 Å². The largest absolute Gasteiger partial charge is 0.478 e. The second-order valence-electron chi connectivity index (χ2n) is 6.36. The number of nitrogens with zero attached hydrogens (tertiary/aromatic N) is 2. The number of ether oxygens (including phenoxy) is 2. The Kier molecular flexibility index (Phi) is 4.89. The normalized spacial score (nSPS) is 24.3. The summed E-state index contributed by atoms with van der Waals surface area (Å²) in [5, 5.41) is 0. The van der Waals surface area contributed by atoms with E-state index in [1.54, 1.807) is 17.4 Å². The Morgan fingerprint density at radius 1 is 1.43 bits per heavy atom. The molecule has 2 aliphatic rings.